The first kappa shape index (κ1) is 17.1. The zero-order valence-electron chi connectivity index (χ0n) is 13.2. The highest BCUT2D eigenvalue weighted by atomic mass is 35.5. The number of rotatable bonds is 5. The minimum Gasteiger partial charge on any atom is -0.259 e. The Balaban J connectivity index is 2.17. The summed E-state index contributed by atoms with van der Waals surface area (Å²) in [4.78, 5) is 8.65. The van der Waals surface area contributed by atoms with Crippen molar-refractivity contribution in [1.82, 2.24) is 4.98 Å². The maximum absolute atomic E-state index is 14.0. The van der Waals surface area contributed by atoms with E-state index < -0.39 is 0 Å². The van der Waals surface area contributed by atoms with Crippen molar-refractivity contribution in [2.24, 2.45) is 4.99 Å². The van der Waals surface area contributed by atoms with E-state index in [4.69, 9.17) is 11.6 Å². The predicted octanol–water partition coefficient (Wildman–Crippen LogP) is 5.28. The monoisotopic (exact) mass is 328 g/mol. The van der Waals surface area contributed by atoms with Gasteiger partial charge in [0.05, 0.1) is 11.4 Å². The fraction of sp³-hybridized carbons (Fsp3) is 0.158. The molecule has 0 amide bonds. The summed E-state index contributed by atoms with van der Waals surface area (Å²) < 4.78 is 14.0. The van der Waals surface area contributed by atoms with Crippen molar-refractivity contribution in [3.05, 3.63) is 88.6 Å². The number of allylic oxidation sites excluding steroid dienone is 2. The second-order valence-electron chi connectivity index (χ2n) is 5.21. The Morgan fingerprint density at radius 3 is 2.83 bits per heavy atom. The Hall–Kier alpha value is -2.26. The lowest BCUT2D eigenvalue weighted by Crippen LogP contribution is -2.00. The second-order valence-corrected chi connectivity index (χ2v) is 5.62. The molecule has 2 nitrogen and oxygen atoms in total. The molecule has 23 heavy (non-hydrogen) atoms. The van der Waals surface area contributed by atoms with Crippen molar-refractivity contribution in [3.63, 3.8) is 0 Å². The van der Waals surface area contributed by atoms with Crippen LogP contribution in [0.2, 0.25) is 5.02 Å². The Labute approximate surface area is 141 Å². The molecule has 0 aliphatic carbocycles. The van der Waals surface area contributed by atoms with Crippen LogP contribution in [-0.4, -0.2) is 10.7 Å². The highest BCUT2D eigenvalue weighted by molar-refractivity contribution is 6.31. The summed E-state index contributed by atoms with van der Waals surface area (Å²) in [5, 5.41) is 0.444. The first-order chi connectivity index (χ1) is 11.0. The van der Waals surface area contributed by atoms with E-state index >= 15 is 0 Å². The van der Waals surface area contributed by atoms with E-state index in [0.29, 0.717) is 17.0 Å². The van der Waals surface area contributed by atoms with Crippen LogP contribution in [0.3, 0.4) is 0 Å². The Bertz CT molecular complexity index is 762. The highest BCUT2D eigenvalue weighted by Crippen LogP contribution is 2.22. The summed E-state index contributed by atoms with van der Waals surface area (Å²) in [6.07, 6.45) is 7.31. The third-order valence-electron chi connectivity index (χ3n) is 3.41. The molecule has 1 aromatic heterocycles. The van der Waals surface area contributed by atoms with Crippen molar-refractivity contribution in [2.75, 3.05) is 0 Å². The molecular formula is C19H18ClFN2. The summed E-state index contributed by atoms with van der Waals surface area (Å²) >= 11 is 5.92. The van der Waals surface area contributed by atoms with Gasteiger partial charge in [-0.2, -0.15) is 0 Å². The molecular weight excluding hydrogens is 311 g/mol. The maximum Gasteiger partial charge on any atom is 0.128 e. The molecule has 4 heteroatoms. The highest BCUT2D eigenvalue weighted by Gasteiger charge is 2.08. The van der Waals surface area contributed by atoms with E-state index in [2.05, 4.69) is 16.6 Å². The quantitative estimate of drug-likeness (QED) is 0.541. The van der Waals surface area contributed by atoms with Gasteiger partial charge in [-0.15, -0.1) is 0 Å². The molecule has 1 aromatic carbocycles. The molecule has 0 aliphatic rings. The summed E-state index contributed by atoms with van der Waals surface area (Å²) in [7, 11) is 0. The van der Waals surface area contributed by atoms with Crippen LogP contribution < -0.4 is 0 Å². The van der Waals surface area contributed by atoms with Crippen LogP contribution >= 0.6 is 11.6 Å². The van der Waals surface area contributed by atoms with Crippen molar-refractivity contribution >= 4 is 17.3 Å². The lowest BCUT2D eigenvalue weighted by molar-refractivity contribution is 0.613. The van der Waals surface area contributed by atoms with Crippen LogP contribution in [0.5, 0.6) is 0 Å². The van der Waals surface area contributed by atoms with Crippen molar-refractivity contribution in [1.29, 1.82) is 0 Å². The average Bonchev–Trinajstić information content (AvgIpc) is 2.53. The summed E-state index contributed by atoms with van der Waals surface area (Å²) in [6, 6.07) is 6.95. The number of pyridine rings is 1. The molecule has 0 aliphatic heterocycles. The molecule has 0 saturated heterocycles. The van der Waals surface area contributed by atoms with Crippen molar-refractivity contribution < 1.29 is 4.39 Å². The molecule has 2 aromatic rings. The molecule has 2 rings (SSSR count). The molecule has 0 bridgehead atoms. The Kier molecular flexibility index (Phi) is 5.83. The summed E-state index contributed by atoms with van der Waals surface area (Å²) in [5.74, 6) is -0.294. The third-order valence-corrected chi connectivity index (χ3v) is 3.82. The number of hydrogen-bond donors (Lipinski definition) is 0. The molecule has 118 valence electrons. The predicted molar refractivity (Wildman–Crippen MR) is 94.7 cm³/mol. The van der Waals surface area contributed by atoms with Crippen molar-refractivity contribution in [2.45, 2.75) is 20.3 Å². The van der Waals surface area contributed by atoms with E-state index in [-0.39, 0.29) is 5.82 Å². The third kappa shape index (κ3) is 4.60. The van der Waals surface area contributed by atoms with Gasteiger partial charge in [-0.05, 0) is 48.7 Å². The minimum atomic E-state index is -0.294. The normalized spacial score (nSPS) is 11.9. The zero-order chi connectivity index (χ0) is 16.8. The maximum atomic E-state index is 14.0. The van der Waals surface area contributed by atoms with Gasteiger partial charge >= 0.3 is 0 Å². The summed E-state index contributed by atoms with van der Waals surface area (Å²) in [6.45, 7) is 7.34. The van der Waals surface area contributed by atoms with Gasteiger partial charge in [-0.3, -0.25) is 9.98 Å². The topological polar surface area (TPSA) is 25.2 Å². The number of halogens is 2. The molecule has 0 atom stereocenters. The van der Waals surface area contributed by atoms with E-state index in [1.54, 1.807) is 30.6 Å². The van der Waals surface area contributed by atoms with Gasteiger partial charge in [0, 0.05) is 23.8 Å². The van der Waals surface area contributed by atoms with E-state index in [1.165, 1.54) is 6.07 Å². The fourth-order valence-electron chi connectivity index (χ4n) is 2.10. The van der Waals surface area contributed by atoms with Gasteiger partial charge in [0.25, 0.3) is 0 Å². The lowest BCUT2D eigenvalue weighted by Gasteiger charge is -2.07. The number of benzene rings is 1. The van der Waals surface area contributed by atoms with E-state index in [1.807, 2.05) is 26.0 Å². The van der Waals surface area contributed by atoms with Gasteiger partial charge < -0.3 is 0 Å². The molecule has 0 unspecified atom stereocenters. The lowest BCUT2D eigenvalue weighted by atomic mass is 10.0. The van der Waals surface area contributed by atoms with Crippen LogP contribution in [0.25, 0.3) is 0 Å². The van der Waals surface area contributed by atoms with Crippen LogP contribution in [-0.2, 0) is 6.42 Å². The fourth-order valence-corrected chi connectivity index (χ4v) is 2.25. The molecule has 0 saturated carbocycles. The van der Waals surface area contributed by atoms with E-state index in [0.717, 1.165) is 22.5 Å². The van der Waals surface area contributed by atoms with Gasteiger partial charge in [-0.1, -0.05) is 36.4 Å². The second kappa shape index (κ2) is 7.84. The minimum absolute atomic E-state index is 0.294. The standard InChI is InChI=1S/C19H18ClFN2/c1-4-5-8-22-14(3)19-7-6-15(12-23-19)10-16-9-13(2)17(20)11-18(16)21/h4-9,11-12H,1,10H2,2-3H3/b8-5-,22-14+. The number of aromatic nitrogens is 1. The van der Waals surface area contributed by atoms with Gasteiger partial charge in [0.15, 0.2) is 0 Å². The van der Waals surface area contributed by atoms with Crippen LogP contribution in [0.15, 0.2) is 60.4 Å². The number of aryl methyl sites for hydroxylation is 1. The van der Waals surface area contributed by atoms with E-state index in [9.17, 15) is 4.39 Å². The molecule has 0 spiro atoms. The van der Waals surface area contributed by atoms with Crippen LogP contribution in [0.4, 0.5) is 4.39 Å². The zero-order valence-corrected chi connectivity index (χ0v) is 13.9. The number of hydrogen-bond acceptors (Lipinski definition) is 2. The Morgan fingerprint density at radius 1 is 1.39 bits per heavy atom. The van der Waals surface area contributed by atoms with Crippen LogP contribution in [0.1, 0.15) is 29.3 Å². The number of nitrogens with zero attached hydrogens (tertiary/aromatic N) is 2. The first-order valence-electron chi connectivity index (χ1n) is 7.23. The molecule has 0 radical (unpaired) electrons. The average molecular weight is 329 g/mol. The molecule has 1 heterocycles. The Morgan fingerprint density at radius 2 is 2.17 bits per heavy atom. The largest absolute Gasteiger partial charge is 0.259 e. The SMILES string of the molecule is C=C/C=C\N=C(/C)c1ccc(Cc2cc(C)c(Cl)cc2F)cn1. The van der Waals surface area contributed by atoms with Gasteiger partial charge in [0.1, 0.15) is 5.82 Å². The first-order valence-corrected chi connectivity index (χ1v) is 7.61. The molecule has 0 N–H and O–H groups in total. The summed E-state index contributed by atoms with van der Waals surface area (Å²) in [5.41, 5.74) is 4.01. The van der Waals surface area contributed by atoms with Gasteiger partial charge in [0.2, 0.25) is 0 Å². The molecule has 0 fully saturated rings. The smallest absolute Gasteiger partial charge is 0.128 e. The van der Waals surface area contributed by atoms with Crippen LogP contribution in [0, 0.1) is 12.7 Å². The van der Waals surface area contributed by atoms with Gasteiger partial charge in [-0.25, -0.2) is 4.39 Å². The van der Waals surface area contributed by atoms with Crippen molar-refractivity contribution in [3.8, 4) is 0 Å². The number of aliphatic imine (C=N–C) groups is 1.